The van der Waals surface area contributed by atoms with E-state index in [1.165, 1.54) is 11.3 Å². The number of carboxylic acids is 1. The van der Waals surface area contributed by atoms with Gasteiger partial charge in [0.05, 0.1) is 16.1 Å². The van der Waals surface area contributed by atoms with Crippen molar-refractivity contribution in [2.75, 3.05) is 0 Å². The number of hydrogen-bond acceptors (Lipinski definition) is 3. The first-order chi connectivity index (χ1) is 7.25. The van der Waals surface area contributed by atoms with Gasteiger partial charge in [0.2, 0.25) is 0 Å². The maximum Gasteiger partial charge on any atom is 0.314 e. The third kappa shape index (κ3) is 2.61. The molecule has 0 aromatic carbocycles. The Morgan fingerprint density at radius 2 is 2.06 bits per heavy atom. The van der Waals surface area contributed by atoms with Gasteiger partial charge in [0.25, 0.3) is 0 Å². The normalized spacial score (nSPS) is 12.1. The van der Waals surface area contributed by atoms with Crippen molar-refractivity contribution in [1.29, 1.82) is 0 Å². The molecule has 1 rings (SSSR count). The molecule has 0 amide bonds. The number of hydrogen-bond donors (Lipinski definition) is 1. The summed E-state index contributed by atoms with van der Waals surface area (Å²) < 4.78 is 0. The van der Waals surface area contributed by atoms with Gasteiger partial charge in [-0.2, -0.15) is 0 Å². The maximum absolute atomic E-state index is 11.2. The van der Waals surface area contributed by atoms with Crippen LogP contribution >= 0.6 is 11.3 Å². The van der Waals surface area contributed by atoms with Crippen LogP contribution in [0.2, 0.25) is 0 Å². The molecule has 0 aliphatic heterocycles. The smallest absolute Gasteiger partial charge is 0.314 e. The van der Waals surface area contributed by atoms with Crippen LogP contribution < -0.4 is 0 Å². The third-order valence-corrected chi connectivity index (χ3v) is 4.03. The van der Waals surface area contributed by atoms with E-state index in [1.807, 2.05) is 6.92 Å². The van der Waals surface area contributed by atoms with Crippen LogP contribution in [0.5, 0.6) is 0 Å². The van der Waals surface area contributed by atoms with E-state index in [2.05, 4.69) is 18.8 Å². The van der Waals surface area contributed by atoms with Gasteiger partial charge in [0.15, 0.2) is 0 Å². The summed E-state index contributed by atoms with van der Waals surface area (Å²) in [5.74, 6) is -0.248. The molecule has 1 heterocycles. The Morgan fingerprint density at radius 1 is 1.50 bits per heavy atom. The summed E-state index contributed by atoms with van der Waals surface area (Å²) >= 11 is 1.53. The lowest BCUT2D eigenvalue weighted by Gasteiger charge is -2.17. The van der Waals surface area contributed by atoms with Crippen molar-refractivity contribution in [2.24, 2.45) is 5.92 Å². The minimum atomic E-state index is -0.836. The molecule has 90 valence electrons. The van der Waals surface area contributed by atoms with Crippen molar-refractivity contribution < 1.29 is 9.90 Å². The van der Waals surface area contributed by atoms with Crippen LogP contribution in [0.25, 0.3) is 0 Å². The molecule has 1 N–H and O–H groups in total. The second-order valence-corrected chi connectivity index (χ2v) is 6.13. The van der Waals surface area contributed by atoms with E-state index in [0.717, 1.165) is 22.0 Å². The topological polar surface area (TPSA) is 50.2 Å². The highest BCUT2D eigenvalue weighted by Gasteiger charge is 2.33. The van der Waals surface area contributed by atoms with E-state index < -0.39 is 11.4 Å². The highest BCUT2D eigenvalue weighted by molar-refractivity contribution is 7.12. The molecular weight excluding hydrogens is 222 g/mol. The molecule has 16 heavy (non-hydrogen) atoms. The predicted octanol–water partition coefficient (Wildman–Crippen LogP) is 3.01. The summed E-state index contributed by atoms with van der Waals surface area (Å²) in [6.45, 7) is 9.63. The zero-order valence-corrected chi connectivity index (χ0v) is 11.3. The molecule has 0 radical (unpaired) electrons. The highest BCUT2D eigenvalue weighted by Crippen LogP contribution is 2.32. The number of carboxylic acid groups (broad SMARTS) is 1. The quantitative estimate of drug-likeness (QED) is 0.881. The number of aromatic nitrogens is 1. The zero-order chi connectivity index (χ0) is 12.5. The molecular formula is C12H19NO2S. The fourth-order valence-corrected chi connectivity index (χ4v) is 2.94. The van der Waals surface area contributed by atoms with E-state index in [0.29, 0.717) is 5.92 Å². The molecule has 3 nitrogen and oxygen atoms in total. The predicted molar refractivity (Wildman–Crippen MR) is 66.1 cm³/mol. The molecule has 0 unspecified atom stereocenters. The zero-order valence-electron chi connectivity index (χ0n) is 10.5. The minimum absolute atomic E-state index is 0.548. The van der Waals surface area contributed by atoms with Gasteiger partial charge in [0, 0.05) is 11.3 Å². The van der Waals surface area contributed by atoms with Crippen LogP contribution in [0.4, 0.5) is 0 Å². The molecule has 0 fully saturated rings. The number of aryl methyl sites for hydroxylation is 1. The van der Waals surface area contributed by atoms with Crippen molar-refractivity contribution in [3.8, 4) is 0 Å². The summed E-state index contributed by atoms with van der Waals surface area (Å²) in [4.78, 5) is 16.5. The fraction of sp³-hybridized carbons (Fsp3) is 0.667. The number of nitrogens with zero attached hydrogens (tertiary/aromatic N) is 1. The average molecular weight is 241 g/mol. The Bertz CT molecular complexity index is 394. The molecule has 1 aromatic rings. The van der Waals surface area contributed by atoms with Crippen LogP contribution in [0.1, 0.15) is 43.3 Å². The Labute approximate surface area is 101 Å². The number of carbonyl (C=O) groups is 1. The summed E-state index contributed by atoms with van der Waals surface area (Å²) in [5.41, 5.74) is 0.0183. The van der Waals surface area contributed by atoms with Gasteiger partial charge >= 0.3 is 5.97 Å². The van der Waals surface area contributed by atoms with Gasteiger partial charge in [-0.05, 0) is 26.7 Å². The van der Waals surface area contributed by atoms with E-state index in [4.69, 9.17) is 0 Å². The molecule has 0 spiro atoms. The number of rotatable bonds is 4. The van der Waals surface area contributed by atoms with Gasteiger partial charge < -0.3 is 5.11 Å². The van der Waals surface area contributed by atoms with Crippen molar-refractivity contribution in [3.05, 3.63) is 15.6 Å². The first-order valence-electron chi connectivity index (χ1n) is 5.45. The van der Waals surface area contributed by atoms with Crippen molar-refractivity contribution >= 4 is 17.3 Å². The lowest BCUT2D eigenvalue weighted by atomic mass is 9.91. The van der Waals surface area contributed by atoms with E-state index >= 15 is 0 Å². The Morgan fingerprint density at radius 3 is 2.50 bits per heavy atom. The Kier molecular flexibility index (Phi) is 3.73. The van der Waals surface area contributed by atoms with Crippen LogP contribution in [-0.4, -0.2) is 16.1 Å². The van der Waals surface area contributed by atoms with Gasteiger partial charge in [-0.25, -0.2) is 4.98 Å². The van der Waals surface area contributed by atoms with E-state index in [9.17, 15) is 9.90 Å². The fourth-order valence-electron chi connectivity index (χ4n) is 1.57. The molecule has 1 aromatic heterocycles. The molecule has 0 saturated heterocycles. The summed E-state index contributed by atoms with van der Waals surface area (Å²) in [7, 11) is 0. The summed E-state index contributed by atoms with van der Waals surface area (Å²) in [5, 5.41) is 10.2. The Hall–Kier alpha value is -0.900. The largest absolute Gasteiger partial charge is 0.481 e. The lowest BCUT2D eigenvalue weighted by molar-refractivity contribution is -0.142. The molecule has 4 heteroatoms. The van der Waals surface area contributed by atoms with Crippen molar-refractivity contribution in [2.45, 2.75) is 46.5 Å². The van der Waals surface area contributed by atoms with Crippen LogP contribution in [0.15, 0.2) is 0 Å². The third-order valence-electron chi connectivity index (χ3n) is 2.53. The van der Waals surface area contributed by atoms with Crippen LogP contribution in [-0.2, 0) is 16.6 Å². The van der Waals surface area contributed by atoms with Crippen LogP contribution in [0.3, 0.4) is 0 Å². The monoisotopic (exact) mass is 241 g/mol. The number of aliphatic carboxylic acids is 1. The van der Waals surface area contributed by atoms with E-state index in [1.54, 1.807) is 13.8 Å². The van der Waals surface area contributed by atoms with Gasteiger partial charge in [-0.3, -0.25) is 4.79 Å². The minimum Gasteiger partial charge on any atom is -0.481 e. The van der Waals surface area contributed by atoms with Gasteiger partial charge in [0.1, 0.15) is 0 Å². The lowest BCUT2D eigenvalue weighted by Crippen LogP contribution is -2.28. The van der Waals surface area contributed by atoms with Crippen LogP contribution in [0, 0.1) is 12.8 Å². The molecule has 0 bridgehead atoms. The van der Waals surface area contributed by atoms with Gasteiger partial charge in [-0.1, -0.05) is 13.8 Å². The Balaban J connectivity index is 3.07. The first-order valence-corrected chi connectivity index (χ1v) is 6.27. The molecule has 0 aliphatic carbocycles. The second kappa shape index (κ2) is 4.53. The standard InChI is InChI=1S/C12H19NO2S/c1-7(2)6-9-13-8(3)10(16-9)12(4,5)11(14)15/h7H,6H2,1-5H3,(H,14,15). The number of thiazole rings is 1. The van der Waals surface area contributed by atoms with Gasteiger partial charge in [-0.15, -0.1) is 11.3 Å². The highest BCUT2D eigenvalue weighted by atomic mass is 32.1. The van der Waals surface area contributed by atoms with Crippen molar-refractivity contribution in [3.63, 3.8) is 0 Å². The SMILES string of the molecule is Cc1nc(CC(C)C)sc1C(C)(C)C(=O)O. The average Bonchev–Trinajstić information content (AvgIpc) is 2.45. The molecule has 0 atom stereocenters. The van der Waals surface area contributed by atoms with E-state index in [-0.39, 0.29) is 0 Å². The summed E-state index contributed by atoms with van der Waals surface area (Å²) in [6.07, 6.45) is 0.918. The summed E-state index contributed by atoms with van der Waals surface area (Å²) in [6, 6.07) is 0. The first kappa shape index (κ1) is 13.2. The second-order valence-electron chi connectivity index (χ2n) is 5.05. The van der Waals surface area contributed by atoms with Crippen molar-refractivity contribution in [1.82, 2.24) is 4.98 Å². The molecule has 0 aliphatic rings. The molecule has 0 saturated carbocycles. The maximum atomic E-state index is 11.2.